The van der Waals surface area contributed by atoms with E-state index < -0.39 is 0 Å². The van der Waals surface area contributed by atoms with E-state index >= 15 is 0 Å². The van der Waals surface area contributed by atoms with Crippen LogP contribution < -0.4 is 5.48 Å². The summed E-state index contributed by atoms with van der Waals surface area (Å²) >= 11 is 0. The number of nitrogens with one attached hydrogen (secondary N) is 1. The molecule has 18 heavy (non-hydrogen) atoms. The second kappa shape index (κ2) is 6.94. The third kappa shape index (κ3) is 3.99. The zero-order chi connectivity index (χ0) is 12.6. The lowest BCUT2D eigenvalue weighted by atomic mass is 10.1. The Labute approximate surface area is 109 Å². The van der Waals surface area contributed by atoms with Gasteiger partial charge in [-0.15, -0.1) is 0 Å². The van der Waals surface area contributed by atoms with Crippen molar-refractivity contribution in [3.05, 3.63) is 71.3 Å². The van der Waals surface area contributed by atoms with Crippen LogP contribution in [0.2, 0.25) is 0 Å². The molecule has 0 saturated carbocycles. The lowest BCUT2D eigenvalue weighted by Gasteiger charge is -2.06. The lowest BCUT2D eigenvalue weighted by Crippen LogP contribution is -2.13. The van der Waals surface area contributed by atoms with Crippen LogP contribution in [0.15, 0.2) is 54.6 Å². The van der Waals surface area contributed by atoms with Crippen LogP contribution in [0.4, 0.5) is 0 Å². The zero-order valence-corrected chi connectivity index (χ0v) is 10.7. The van der Waals surface area contributed by atoms with Gasteiger partial charge in [-0.25, -0.2) is 0 Å². The number of rotatable bonds is 6. The molecule has 0 atom stereocenters. The highest BCUT2D eigenvalue weighted by atomic mass is 16.6. The van der Waals surface area contributed by atoms with Gasteiger partial charge in [-0.05, 0) is 23.1 Å². The fraction of sp³-hybridized carbons (Fsp3) is 0.250. The first-order chi connectivity index (χ1) is 8.88. The van der Waals surface area contributed by atoms with E-state index in [1.807, 2.05) is 18.2 Å². The predicted octanol–water partition coefficient (Wildman–Crippen LogP) is 3.47. The summed E-state index contributed by atoms with van der Waals surface area (Å²) in [6.07, 6.45) is 1.08. The average Bonchev–Trinajstić information content (AvgIpc) is 2.45. The molecule has 0 radical (unpaired) electrons. The highest BCUT2D eigenvalue weighted by molar-refractivity contribution is 5.22. The Kier molecular flexibility index (Phi) is 4.94. The van der Waals surface area contributed by atoms with Crippen molar-refractivity contribution in [1.29, 1.82) is 0 Å². The number of hydroxylamine groups is 1. The third-order valence-corrected chi connectivity index (χ3v) is 2.89. The van der Waals surface area contributed by atoms with Gasteiger partial charge in [-0.2, -0.15) is 5.48 Å². The molecule has 2 heteroatoms. The molecular weight excluding hydrogens is 222 g/mol. The molecule has 94 valence electrons. The van der Waals surface area contributed by atoms with Gasteiger partial charge in [0, 0.05) is 6.54 Å². The molecule has 1 N–H and O–H groups in total. The van der Waals surface area contributed by atoms with Crippen molar-refractivity contribution in [2.45, 2.75) is 26.5 Å². The smallest absolute Gasteiger partial charge is 0.0933 e. The Morgan fingerprint density at radius 3 is 2.17 bits per heavy atom. The summed E-state index contributed by atoms with van der Waals surface area (Å²) in [4.78, 5) is 5.43. The molecule has 2 aromatic rings. The first kappa shape index (κ1) is 12.8. The van der Waals surface area contributed by atoms with E-state index in [4.69, 9.17) is 4.84 Å². The lowest BCUT2D eigenvalue weighted by molar-refractivity contribution is 0.0235. The Balaban J connectivity index is 1.72. The van der Waals surface area contributed by atoms with Gasteiger partial charge in [-0.1, -0.05) is 61.5 Å². The van der Waals surface area contributed by atoms with Gasteiger partial charge in [0.25, 0.3) is 0 Å². The van der Waals surface area contributed by atoms with Crippen molar-refractivity contribution in [1.82, 2.24) is 5.48 Å². The minimum absolute atomic E-state index is 0.591. The van der Waals surface area contributed by atoms with Gasteiger partial charge in [0.05, 0.1) is 6.61 Å². The van der Waals surface area contributed by atoms with E-state index in [2.05, 4.69) is 48.8 Å². The average molecular weight is 241 g/mol. The Bertz CT molecular complexity index is 450. The van der Waals surface area contributed by atoms with Crippen molar-refractivity contribution in [3.63, 3.8) is 0 Å². The van der Waals surface area contributed by atoms with Crippen molar-refractivity contribution >= 4 is 0 Å². The van der Waals surface area contributed by atoms with Gasteiger partial charge in [0.1, 0.15) is 0 Å². The fourth-order valence-electron chi connectivity index (χ4n) is 1.74. The molecule has 0 unspecified atom stereocenters. The molecular formula is C16H19NO. The molecule has 0 aromatic heterocycles. The summed E-state index contributed by atoms with van der Waals surface area (Å²) in [7, 11) is 0. The summed E-state index contributed by atoms with van der Waals surface area (Å²) in [6.45, 7) is 3.49. The second-order valence-corrected chi connectivity index (χ2v) is 4.27. The summed E-state index contributed by atoms with van der Waals surface area (Å²) in [5.41, 5.74) is 6.76. The maximum atomic E-state index is 5.43. The van der Waals surface area contributed by atoms with Gasteiger partial charge in [-0.3, -0.25) is 4.84 Å². The molecule has 2 rings (SSSR count). The first-order valence-corrected chi connectivity index (χ1v) is 6.35. The van der Waals surface area contributed by atoms with Crippen LogP contribution in [0.3, 0.4) is 0 Å². The standard InChI is InChI=1S/C16H19NO/c1-2-14-8-10-15(11-9-14)12-17-18-13-16-6-4-3-5-7-16/h3-11,17H,2,12-13H2,1H3. The van der Waals surface area contributed by atoms with Crippen LogP contribution in [0.5, 0.6) is 0 Å². The van der Waals surface area contributed by atoms with E-state index in [0.717, 1.165) is 13.0 Å². The Hall–Kier alpha value is -1.64. The van der Waals surface area contributed by atoms with Crippen molar-refractivity contribution in [2.75, 3.05) is 0 Å². The molecule has 0 aliphatic heterocycles. The Morgan fingerprint density at radius 2 is 1.50 bits per heavy atom. The maximum Gasteiger partial charge on any atom is 0.0933 e. The number of hydrogen-bond donors (Lipinski definition) is 1. The fourth-order valence-corrected chi connectivity index (χ4v) is 1.74. The SMILES string of the molecule is CCc1ccc(CNOCc2ccccc2)cc1. The third-order valence-electron chi connectivity index (χ3n) is 2.89. The molecule has 0 aliphatic carbocycles. The van der Waals surface area contributed by atoms with Gasteiger partial charge in [0.2, 0.25) is 0 Å². The van der Waals surface area contributed by atoms with Crippen molar-refractivity contribution in [3.8, 4) is 0 Å². The quantitative estimate of drug-likeness (QED) is 0.617. The predicted molar refractivity (Wildman–Crippen MR) is 73.9 cm³/mol. The first-order valence-electron chi connectivity index (χ1n) is 6.35. The highest BCUT2D eigenvalue weighted by Crippen LogP contribution is 2.05. The van der Waals surface area contributed by atoms with Crippen LogP contribution in [0, 0.1) is 0 Å². The van der Waals surface area contributed by atoms with Crippen LogP contribution in [0.1, 0.15) is 23.6 Å². The number of benzene rings is 2. The van der Waals surface area contributed by atoms with Gasteiger partial charge < -0.3 is 0 Å². The molecule has 0 bridgehead atoms. The summed E-state index contributed by atoms with van der Waals surface area (Å²) in [5, 5.41) is 0. The molecule has 0 spiro atoms. The van der Waals surface area contributed by atoms with E-state index in [0.29, 0.717) is 6.61 Å². The van der Waals surface area contributed by atoms with Crippen molar-refractivity contribution < 1.29 is 4.84 Å². The minimum atomic E-state index is 0.591. The van der Waals surface area contributed by atoms with Crippen LogP contribution in [-0.2, 0) is 24.4 Å². The topological polar surface area (TPSA) is 21.3 Å². The van der Waals surface area contributed by atoms with Crippen LogP contribution in [-0.4, -0.2) is 0 Å². The summed E-state index contributed by atoms with van der Waals surface area (Å²) in [5.74, 6) is 0. The molecule has 0 heterocycles. The molecule has 2 aromatic carbocycles. The summed E-state index contributed by atoms with van der Waals surface area (Å²) < 4.78 is 0. The Morgan fingerprint density at radius 1 is 0.833 bits per heavy atom. The molecule has 0 fully saturated rings. The largest absolute Gasteiger partial charge is 0.297 e. The molecule has 2 nitrogen and oxygen atoms in total. The second-order valence-electron chi connectivity index (χ2n) is 4.27. The number of aryl methyl sites for hydroxylation is 1. The minimum Gasteiger partial charge on any atom is -0.297 e. The van der Waals surface area contributed by atoms with Crippen LogP contribution >= 0.6 is 0 Å². The zero-order valence-electron chi connectivity index (χ0n) is 10.7. The van der Waals surface area contributed by atoms with Crippen LogP contribution in [0.25, 0.3) is 0 Å². The summed E-state index contributed by atoms with van der Waals surface area (Å²) in [6, 6.07) is 18.7. The van der Waals surface area contributed by atoms with Crippen molar-refractivity contribution in [2.24, 2.45) is 0 Å². The molecule has 0 aliphatic rings. The maximum absolute atomic E-state index is 5.43. The monoisotopic (exact) mass is 241 g/mol. The van der Waals surface area contributed by atoms with E-state index in [9.17, 15) is 0 Å². The number of hydrogen-bond acceptors (Lipinski definition) is 2. The molecule has 0 saturated heterocycles. The highest BCUT2D eigenvalue weighted by Gasteiger charge is 1.94. The van der Waals surface area contributed by atoms with Gasteiger partial charge >= 0.3 is 0 Å². The normalized spacial score (nSPS) is 10.5. The molecule has 0 amide bonds. The van der Waals surface area contributed by atoms with E-state index in [1.165, 1.54) is 16.7 Å². The van der Waals surface area contributed by atoms with E-state index in [1.54, 1.807) is 0 Å². The van der Waals surface area contributed by atoms with E-state index in [-0.39, 0.29) is 0 Å². The van der Waals surface area contributed by atoms with Gasteiger partial charge in [0.15, 0.2) is 0 Å².